The summed E-state index contributed by atoms with van der Waals surface area (Å²) in [6, 6.07) is 15.0. The zero-order chi connectivity index (χ0) is 18.4. The van der Waals surface area contributed by atoms with Crippen molar-refractivity contribution in [3.8, 4) is 5.69 Å². The first-order valence-corrected chi connectivity index (χ1v) is 9.13. The maximum absolute atomic E-state index is 12.4. The summed E-state index contributed by atoms with van der Waals surface area (Å²) < 4.78 is 2.92. The first-order chi connectivity index (χ1) is 12.6. The van der Waals surface area contributed by atoms with Crippen LogP contribution in [0.3, 0.4) is 0 Å². The third-order valence-electron chi connectivity index (χ3n) is 3.65. The second kappa shape index (κ2) is 8.61. The van der Waals surface area contributed by atoms with Gasteiger partial charge in [0.2, 0.25) is 5.91 Å². The number of nitrogens with one attached hydrogen (secondary N) is 2. The fraction of sp³-hybridized carbons (Fsp3) is 0.105. The third kappa shape index (κ3) is 4.69. The van der Waals surface area contributed by atoms with E-state index in [4.69, 9.17) is 0 Å². The minimum Gasteiger partial charge on any atom is -0.350 e. The van der Waals surface area contributed by atoms with Crippen LogP contribution in [-0.4, -0.2) is 27.9 Å². The summed E-state index contributed by atoms with van der Waals surface area (Å²) in [4.78, 5) is 28.3. The predicted molar refractivity (Wildman–Crippen MR) is 108 cm³/mol. The molecule has 0 unspecified atom stereocenters. The molecule has 2 amide bonds. The van der Waals surface area contributed by atoms with Crippen molar-refractivity contribution in [2.75, 3.05) is 11.9 Å². The van der Waals surface area contributed by atoms with Crippen LogP contribution in [-0.2, 0) is 4.79 Å². The number of halogens is 1. The number of hydrogen-bond donors (Lipinski definition) is 2. The number of aromatic nitrogens is 2. The molecule has 0 saturated heterocycles. The summed E-state index contributed by atoms with van der Waals surface area (Å²) in [6.07, 6.45) is 5.24. The average Bonchev–Trinajstić information content (AvgIpc) is 3.12. The van der Waals surface area contributed by atoms with E-state index in [2.05, 4.69) is 38.2 Å². The minimum absolute atomic E-state index is 0.175. The largest absolute Gasteiger partial charge is 0.350 e. The van der Waals surface area contributed by atoms with Gasteiger partial charge in [0.1, 0.15) is 5.69 Å². The van der Waals surface area contributed by atoms with Crippen molar-refractivity contribution in [2.45, 2.75) is 6.42 Å². The zero-order valence-corrected chi connectivity index (χ0v) is 16.0. The quantitative estimate of drug-likeness (QED) is 0.555. The molecular weight excluding hydrogens is 443 g/mol. The number of carbonyl (C=O) groups is 2. The molecule has 0 spiro atoms. The smallest absolute Gasteiger partial charge is 0.268 e. The van der Waals surface area contributed by atoms with Crippen molar-refractivity contribution < 1.29 is 9.59 Å². The van der Waals surface area contributed by atoms with E-state index >= 15 is 0 Å². The molecular formula is C19H17IN4O2. The Balaban J connectivity index is 1.56. The Bertz CT molecular complexity index is 909. The molecule has 0 atom stereocenters. The van der Waals surface area contributed by atoms with Crippen LogP contribution in [0.5, 0.6) is 0 Å². The molecule has 0 radical (unpaired) electrons. The highest BCUT2D eigenvalue weighted by molar-refractivity contribution is 14.1. The summed E-state index contributed by atoms with van der Waals surface area (Å²) in [5, 5.41) is 5.52. The van der Waals surface area contributed by atoms with Gasteiger partial charge >= 0.3 is 0 Å². The molecule has 26 heavy (non-hydrogen) atoms. The molecule has 2 aromatic heterocycles. The van der Waals surface area contributed by atoms with Gasteiger partial charge in [-0.3, -0.25) is 14.6 Å². The van der Waals surface area contributed by atoms with Crippen LogP contribution in [0.2, 0.25) is 0 Å². The van der Waals surface area contributed by atoms with Crippen LogP contribution in [0, 0.1) is 3.57 Å². The van der Waals surface area contributed by atoms with Crippen molar-refractivity contribution >= 4 is 40.1 Å². The summed E-state index contributed by atoms with van der Waals surface area (Å²) in [6.45, 7) is 0.252. The Hall–Kier alpha value is -2.68. The van der Waals surface area contributed by atoms with E-state index in [1.165, 1.54) is 0 Å². The van der Waals surface area contributed by atoms with Crippen molar-refractivity contribution in [1.82, 2.24) is 14.9 Å². The number of benzene rings is 1. The molecule has 132 valence electrons. The monoisotopic (exact) mass is 460 g/mol. The Morgan fingerprint density at radius 1 is 1.12 bits per heavy atom. The molecule has 7 heteroatoms. The van der Waals surface area contributed by atoms with E-state index in [9.17, 15) is 9.59 Å². The van der Waals surface area contributed by atoms with Crippen LogP contribution >= 0.6 is 22.6 Å². The standard InChI is InChI=1S/C19H17IN4O2/c20-14-4-1-6-16(12-14)24-11-3-7-17(24)19(26)22-10-8-18(25)23-15-5-2-9-21-13-15/h1-7,9,11-13H,8,10H2,(H,22,26)(H,23,25). The SMILES string of the molecule is O=C(CCNC(=O)c1cccn1-c1cccc(I)c1)Nc1cccnc1. The zero-order valence-electron chi connectivity index (χ0n) is 13.9. The molecule has 0 saturated carbocycles. The van der Waals surface area contributed by atoms with E-state index < -0.39 is 0 Å². The van der Waals surface area contributed by atoms with E-state index in [1.54, 1.807) is 30.6 Å². The number of rotatable bonds is 6. The van der Waals surface area contributed by atoms with Gasteiger partial charge in [0, 0.05) is 34.6 Å². The van der Waals surface area contributed by atoms with Gasteiger partial charge in [-0.25, -0.2) is 0 Å². The summed E-state index contributed by atoms with van der Waals surface area (Å²) >= 11 is 2.24. The lowest BCUT2D eigenvalue weighted by molar-refractivity contribution is -0.116. The van der Waals surface area contributed by atoms with E-state index in [0.29, 0.717) is 11.4 Å². The summed E-state index contributed by atoms with van der Waals surface area (Å²) in [5.74, 6) is -0.394. The lowest BCUT2D eigenvalue weighted by Crippen LogP contribution is -2.29. The van der Waals surface area contributed by atoms with Gasteiger partial charge in [-0.05, 0) is 65.1 Å². The van der Waals surface area contributed by atoms with Crippen molar-refractivity contribution in [3.63, 3.8) is 0 Å². The summed E-state index contributed by atoms with van der Waals surface area (Å²) in [7, 11) is 0. The van der Waals surface area contributed by atoms with Crippen LogP contribution in [0.15, 0.2) is 67.1 Å². The number of amides is 2. The molecule has 2 N–H and O–H groups in total. The predicted octanol–water partition coefficient (Wildman–Crippen LogP) is 3.24. The second-order valence-corrected chi connectivity index (χ2v) is 6.78. The maximum atomic E-state index is 12.4. The van der Waals surface area contributed by atoms with Gasteiger partial charge < -0.3 is 15.2 Å². The normalized spacial score (nSPS) is 10.3. The van der Waals surface area contributed by atoms with Gasteiger partial charge in [-0.15, -0.1) is 0 Å². The van der Waals surface area contributed by atoms with E-state index in [-0.39, 0.29) is 24.8 Å². The Morgan fingerprint density at radius 3 is 2.77 bits per heavy atom. The molecule has 0 fully saturated rings. The molecule has 3 aromatic rings. The van der Waals surface area contributed by atoms with Crippen molar-refractivity contribution in [2.24, 2.45) is 0 Å². The Labute approximate surface area is 164 Å². The van der Waals surface area contributed by atoms with Crippen LogP contribution < -0.4 is 10.6 Å². The lowest BCUT2D eigenvalue weighted by Gasteiger charge is -2.10. The minimum atomic E-state index is -0.219. The molecule has 0 bridgehead atoms. The lowest BCUT2D eigenvalue weighted by atomic mass is 10.3. The number of carbonyl (C=O) groups excluding carboxylic acids is 2. The Kier molecular flexibility index (Phi) is 6.00. The molecule has 3 rings (SSSR count). The summed E-state index contributed by atoms with van der Waals surface area (Å²) in [5.41, 5.74) is 2.08. The maximum Gasteiger partial charge on any atom is 0.268 e. The first kappa shape index (κ1) is 18.1. The van der Waals surface area contributed by atoms with Gasteiger partial charge in [-0.2, -0.15) is 0 Å². The first-order valence-electron chi connectivity index (χ1n) is 8.05. The molecule has 1 aromatic carbocycles. The fourth-order valence-electron chi connectivity index (χ4n) is 2.46. The molecule has 0 aliphatic rings. The Morgan fingerprint density at radius 2 is 2.00 bits per heavy atom. The van der Waals surface area contributed by atoms with E-state index in [1.807, 2.05) is 41.1 Å². The second-order valence-electron chi connectivity index (χ2n) is 5.54. The van der Waals surface area contributed by atoms with Crippen molar-refractivity contribution in [1.29, 1.82) is 0 Å². The van der Waals surface area contributed by atoms with Gasteiger partial charge in [-0.1, -0.05) is 6.07 Å². The highest BCUT2D eigenvalue weighted by atomic mass is 127. The van der Waals surface area contributed by atoms with Gasteiger partial charge in [0.25, 0.3) is 5.91 Å². The van der Waals surface area contributed by atoms with Gasteiger partial charge in [0.15, 0.2) is 0 Å². The molecule has 6 nitrogen and oxygen atoms in total. The fourth-order valence-corrected chi connectivity index (χ4v) is 2.98. The third-order valence-corrected chi connectivity index (χ3v) is 4.32. The van der Waals surface area contributed by atoms with Gasteiger partial charge in [0.05, 0.1) is 11.9 Å². The van der Waals surface area contributed by atoms with E-state index in [0.717, 1.165) is 9.26 Å². The van der Waals surface area contributed by atoms with Crippen molar-refractivity contribution in [3.05, 3.63) is 76.4 Å². The number of anilines is 1. The number of hydrogen-bond acceptors (Lipinski definition) is 3. The highest BCUT2D eigenvalue weighted by Crippen LogP contribution is 2.15. The molecule has 2 heterocycles. The van der Waals surface area contributed by atoms with Crippen LogP contribution in [0.25, 0.3) is 5.69 Å². The number of nitrogens with zero attached hydrogens (tertiary/aromatic N) is 2. The topological polar surface area (TPSA) is 76.0 Å². The van der Waals surface area contributed by atoms with Crippen LogP contribution in [0.1, 0.15) is 16.9 Å². The molecule has 0 aliphatic heterocycles. The molecule has 0 aliphatic carbocycles. The van der Waals surface area contributed by atoms with Crippen LogP contribution in [0.4, 0.5) is 5.69 Å². The highest BCUT2D eigenvalue weighted by Gasteiger charge is 2.12. The average molecular weight is 460 g/mol. The number of pyridine rings is 1.